The number of hydrogen-bond acceptors (Lipinski definition) is 3. The summed E-state index contributed by atoms with van der Waals surface area (Å²) in [5, 5.41) is 11.9. The van der Waals surface area contributed by atoms with E-state index < -0.39 is 0 Å². The SMILES string of the molecule is CCc1cc(CC)n(-c2ccc(C(=N)N)cn2)n1. The van der Waals surface area contributed by atoms with Gasteiger partial charge < -0.3 is 5.73 Å². The maximum Gasteiger partial charge on any atom is 0.153 e. The maximum absolute atomic E-state index is 7.34. The molecule has 18 heavy (non-hydrogen) atoms. The summed E-state index contributed by atoms with van der Waals surface area (Å²) in [4.78, 5) is 4.31. The van der Waals surface area contributed by atoms with Crippen molar-refractivity contribution in [3.05, 3.63) is 41.3 Å². The van der Waals surface area contributed by atoms with Crippen molar-refractivity contribution in [3.8, 4) is 5.82 Å². The highest BCUT2D eigenvalue weighted by molar-refractivity contribution is 5.94. The summed E-state index contributed by atoms with van der Waals surface area (Å²) in [6.07, 6.45) is 3.42. The predicted octanol–water partition coefficient (Wildman–Crippen LogP) is 1.68. The summed E-state index contributed by atoms with van der Waals surface area (Å²) in [6, 6.07) is 5.72. The van der Waals surface area contributed by atoms with Crippen LogP contribution in [0.1, 0.15) is 30.8 Å². The van der Waals surface area contributed by atoms with E-state index in [9.17, 15) is 0 Å². The van der Waals surface area contributed by atoms with Crippen molar-refractivity contribution in [1.29, 1.82) is 5.41 Å². The van der Waals surface area contributed by atoms with Gasteiger partial charge in [-0.05, 0) is 31.0 Å². The molecule has 5 nitrogen and oxygen atoms in total. The van der Waals surface area contributed by atoms with Crippen LogP contribution in [0.3, 0.4) is 0 Å². The lowest BCUT2D eigenvalue weighted by molar-refractivity contribution is 0.772. The Kier molecular flexibility index (Phi) is 3.41. The molecule has 2 heterocycles. The van der Waals surface area contributed by atoms with Gasteiger partial charge in [-0.15, -0.1) is 0 Å². The van der Waals surface area contributed by atoms with Crippen molar-refractivity contribution in [2.45, 2.75) is 26.7 Å². The number of nitrogens with two attached hydrogens (primary N) is 1. The zero-order chi connectivity index (χ0) is 13.1. The minimum Gasteiger partial charge on any atom is -0.384 e. The van der Waals surface area contributed by atoms with Crippen LogP contribution in [0.2, 0.25) is 0 Å². The van der Waals surface area contributed by atoms with E-state index in [1.807, 2.05) is 10.7 Å². The van der Waals surface area contributed by atoms with E-state index in [0.29, 0.717) is 5.56 Å². The first-order valence-corrected chi connectivity index (χ1v) is 6.04. The number of nitrogens with one attached hydrogen (secondary N) is 1. The van der Waals surface area contributed by atoms with Gasteiger partial charge in [-0.2, -0.15) is 5.10 Å². The summed E-state index contributed by atoms with van der Waals surface area (Å²) in [5.41, 5.74) is 8.22. The van der Waals surface area contributed by atoms with E-state index in [1.165, 1.54) is 0 Å². The number of nitrogens with zero attached hydrogens (tertiary/aromatic N) is 3. The monoisotopic (exact) mass is 243 g/mol. The molecule has 0 saturated carbocycles. The van der Waals surface area contributed by atoms with Crippen LogP contribution < -0.4 is 5.73 Å². The molecule has 0 aliphatic rings. The topological polar surface area (TPSA) is 80.6 Å². The molecule has 94 valence electrons. The van der Waals surface area contributed by atoms with Crippen LogP contribution in [-0.4, -0.2) is 20.6 Å². The van der Waals surface area contributed by atoms with Crippen molar-refractivity contribution in [2.24, 2.45) is 5.73 Å². The molecule has 0 aliphatic carbocycles. The molecule has 0 fully saturated rings. The van der Waals surface area contributed by atoms with E-state index in [4.69, 9.17) is 11.1 Å². The minimum absolute atomic E-state index is 0.0273. The number of aryl methyl sites for hydroxylation is 2. The number of aromatic nitrogens is 3. The van der Waals surface area contributed by atoms with Crippen LogP contribution in [0.4, 0.5) is 0 Å². The summed E-state index contributed by atoms with van der Waals surface area (Å²) in [6.45, 7) is 4.18. The first-order valence-electron chi connectivity index (χ1n) is 6.04. The molecule has 3 N–H and O–H groups in total. The molecule has 0 radical (unpaired) electrons. The fourth-order valence-corrected chi connectivity index (χ4v) is 1.77. The lowest BCUT2D eigenvalue weighted by atomic mass is 10.2. The maximum atomic E-state index is 7.34. The third kappa shape index (κ3) is 2.25. The molecule has 2 aromatic heterocycles. The van der Waals surface area contributed by atoms with Crippen LogP contribution in [0, 0.1) is 5.41 Å². The van der Waals surface area contributed by atoms with Crippen LogP contribution in [0.25, 0.3) is 5.82 Å². The molecule has 0 aromatic carbocycles. The van der Waals surface area contributed by atoms with E-state index >= 15 is 0 Å². The minimum atomic E-state index is 0.0273. The zero-order valence-corrected chi connectivity index (χ0v) is 10.6. The molecule has 2 aromatic rings. The zero-order valence-electron chi connectivity index (χ0n) is 10.6. The summed E-state index contributed by atoms with van der Waals surface area (Å²) in [5.74, 6) is 0.788. The van der Waals surface area contributed by atoms with Gasteiger partial charge in [0.15, 0.2) is 5.82 Å². The molecular formula is C13H17N5. The van der Waals surface area contributed by atoms with Crippen molar-refractivity contribution < 1.29 is 0 Å². The Labute approximate surface area is 106 Å². The lowest BCUT2D eigenvalue weighted by Gasteiger charge is -2.05. The van der Waals surface area contributed by atoms with Crippen LogP contribution >= 0.6 is 0 Å². The average Bonchev–Trinajstić information content (AvgIpc) is 2.82. The van der Waals surface area contributed by atoms with Gasteiger partial charge in [-0.1, -0.05) is 13.8 Å². The second-order valence-electron chi connectivity index (χ2n) is 4.06. The van der Waals surface area contributed by atoms with E-state index in [-0.39, 0.29) is 5.84 Å². The van der Waals surface area contributed by atoms with Gasteiger partial charge in [-0.25, -0.2) is 9.67 Å². The fourth-order valence-electron chi connectivity index (χ4n) is 1.77. The highest BCUT2D eigenvalue weighted by Gasteiger charge is 2.08. The van der Waals surface area contributed by atoms with Gasteiger partial charge in [0, 0.05) is 17.5 Å². The quantitative estimate of drug-likeness (QED) is 0.633. The normalized spacial score (nSPS) is 10.6. The molecule has 0 atom stereocenters. The molecule has 0 unspecified atom stereocenters. The van der Waals surface area contributed by atoms with Crippen LogP contribution in [0.5, 0.6) is 0 Å². The first-order chi connectivity index (χ1) is 8.65. The molecular weight excluding hydrogens is 226 g/mol. The Morgan fingerprint density at radius 3 is 2.61 bits per heavy atom. The third-order valence-electron chi connectivity index (χ3n) is 2.83. The van der Waals surface area contributed by atoms with Gasteiger partial charge in [0.1, 0.15) is 5.84 Å². The summed E-state index contributed by atoms with van der Waals surface area (Å²) >= 11 is 0. The molecule has 0 bridgehead atoms. The van der Waals surface area contributed by atoms with Gasteiger partial charge in [0.25, 0.3) is 0 Å². The lowest BCUT2D eigenvalue weighted by Crippen LogP contribution is -2.12. The van der Waals surface area contributed by atoms with Crippen molar-refractivity contribution >= 4 is 5.84 Å². The van der Waals surface area contributed by atoms with E-state index in [1.54, 1.807) is 12.3 Å². The molecule has 0 saturated heterocycles. The van der Waals surface area contributed by atoms with E-state index in [2.05, 4.69) is 30.0 Å². The van der Waals surface area contributed by atoms with Crippen molar-refractivity contribution in [3.63, 3.8) is 0 Å². The molecule has 0 amide bonds. The number of rotatable bonds is 4. The van der Waals surface area contributed by atoms with Gasteiger partial charge in [0.2, 0.25) is 0 Å². The Morgan fingerprint density at radius 2 is 2.11 bits per heavy atom. The Hall–Kier alpha value is -2.17. The highest BCUT2D eigenvalue weighted by Crippen LogP contribution is 2.12. The predicted molar refractivity (Wildman–Crippen MR) is 71.1 cm³/mol. The first kappa shape index (κ1) is 12.3. The highest BCUT2D eigenvalue weighted by atomic mass is 15.3. The van der Waals surface area contributed by atoms with Gasteiger partial charge in [0.05, 0.1) is 5.69 Å². The van der Waals surface area contributed by atoms with Crippen molar-refractivity contribution in [2.75, 3.05) is 0 Å². The second kappa shape index (κ2) is 5.00. The summed E-state index contributed by atoms with van der Waals surface area (Å²) in [7, 11) is 0. The van der Waals surface area contributed by atoms with E-state index in [0.717, 1.165) is 30.0 Å². The number of hydrogen-bond donors (Lipinski definition) is 2. The Bertz CT molecular complexity index is 553. The Morgan fingerprint density at radius 1 is 1.33 bits per heavy atom. The van der Waals surface area contributed by atoms with Crippen LogP contribution in [-0.2, 0) is 12.8 Å². The van der Waals surface area contributed by atoms with Gasteiger partial charge >= 0.3 is 0 Å². The molecule has 2 rings (SSSR count). The van der Waals surface area contributed by atoms with Gasteiger partial charge in [-0.3, -0.25) is 5.41 Å². The number of nitrogen functional groups attached to an aromatic ring is 1. The average molecular weight is 243 g/mol. The molecule has 0 aliphatic heterocycles. The number of amidine groups is 1. The molecule has 0 spiro atoms. The van der Waals surface area contributed by atoms with Crippen molar-refractivity contribution in [1.82, 2.24) is 14.8 Å². The smallest absolute Gasteiger partial charge is 0.153 e. The number of pyridine rings is 1. The Balaban J connectivity index is 2.41. The second-order valence-corrected chi connectivity index (χ2v) is 4.06. The fraction of sp³-hybridized carbons (Fsp3) is 0.308. The van der Waals surface area contributed by atoms with Crippen LogP contribution in [0.15, 0.2) is 24.4 Å². The largest absolute Gasteiger partial charge is 0.384 e. The third-order valence-corrected chi connectivity index (χ3v) is 2.83. The molecule has 5 heteroatoms. The standard InChI is InChI=1S/C13H17N5/c1-3-10-7-11(4-2)18(17-10)12-6-5-9(8-16-12)13(14)15/h5-8H,3-4H2,1-2H3,(H3,14,15). The summed E-state index contributed by atoms with van der Waals surface area (Å²) < 4.78 is 1.85.